The van der Waals surface area contributed by atoms with Gasteiger partial charge in [0.15, 0.2) is 11.5 Å². The van der Waals surface area contributed by atoms with E-state index >= 15 is 0 Å². The molecule has 9 heteroatoms. The van der Waals surface area contributed by atoms with Crippen molar-refractivity contribution in [2.75, 3.05) is 11.8 Å². The number of aryl methyl sites for hydroxylation is 1. The molecule has 0 bridgehead atoms. The molecule has 0 heterocycles. The van der Waals surface area contributed by atoms with E-state index in [1.165, 1.54) is 31.4 Å². The summed E-state index contributed by atoms with van der Waals surface area (Å²) in [5.74, 6) is -0.274. The van der Waals surface area contributed by atoms with Gasteiger partial charge in [-0.25, -0.2) is 8.42 Å². The van der Waals surface area contributed by atoms with Gasteiger partial charge in [0.25, 0.3) is 15.9 Å². The van der Waals surface area contributed by atoms with Gasteiger partial charge in [-0.1, -0.05) is 29.8 Å². The number of phenols is 1. The average molecular weight is 461 g/mol. The highest BCUT2D eigenvalue weighted by atomic mass is 35.5. The minimum Gasteiger partial charge on any atom is -0.504 e. The van der Waals surface area contributed by atoms with Gasteiger partial charge in [0.2, 0.25) is 0 Å². The van der Waals surface area contributed by atoms with Crippen LogP contribution in [0.4, 0.5) is 5.69 Å². The molecule has 0 saturated carbocycles. The van der Waals surface area contributed by atoms with Crippen molar-refractivity contribution in [2.24, 2.45) is 0 Å². The molecule has 31 heavy (non-hydrogen) atoms. The molecular weight excluding hydrogens is 440 g/mol. The van der Waals surface area contributed by atoms with Crippen molar-refractivity contribution < 1.29 is 23.1 Å². The highest BCUT2D eigenvalue weighted by Crippen LogP contribution is 2.27. The van der Waals surface area contributed by atoms with E-state index in [0.29, 0.717) is 11.3 Å². The van der Waals surface area contributed by atoms with Crippen LogP contribution in [0.2, 0.25) is 5.02 Å². The number of benzene rings is 3. The first-order chi connectivity index (χ1) is 14.7. The monoisotopic (exact) mass is 460 g/mol. The van der Waals surface area contributed by atoms with Gasteiger partial charge in [0.1, 0.15) is 0 Å². The van der Waals surface area contributed by atoms with Gasteiger partial charge in [-0.2, -0.15) is 0 Å². The number of carbonyl (C=O) groups is 1. The van der Waals surface area contributed by atoms with Crippen LogP contribution in [-0.2, 0) is 16.6 Å². The lowest BCUT2D eigenvalue weighted by Gasteiger charge is -2.12. The van der Waals surface area contributed by atoms with Crippen molar-refractivity contribution in [3.05, 3.63) is 82.4 Å². The van der Waals surface area contributed by atoms with Crippen LogP contribution in [0, 0.1) is 6.92 Å². The summed E-state index contributed by atoms with van der Waals surface area (Å²) in [5, 5.41) is 12.5. The molecule has 3 rings (SSSR count). The fourth-order valence-corrected chi connectivity index (χ4v) is 4.16. The number of amides is 1. The molecule has 0 aliphatic rings. The lowest BCUT2D eigenvalue weighted by atomic mass is 10.1. The zero-order chi connectivity index (χ0) is 22.6. The highest BCUT2D eigenvalue weighted by molar-refractivity contribution is 7.92. The second-order valence-corrected chi connectivity index (χ2v) is 8.90. The summed E-state index contributed by atoms with van der Waals surface area (Å²) in [4.78, 5) is 12.6. The van der Waals surface area contributed by atoms with Crippen LogP contribution in [0.25, 0.3) is 0 Å². The quantitative estimate of drug-likeness (QED) is 0.492. The molecule has 0 saturated heterocycles. The Morgan fingerprint density at radius 2 is 1.87 bits per heavy atom. The van der Waals surface area contributed by atoms with E-state index in [1.807, 2.05) is 13.0 Å². The summed E-state index contributed by atoms with van der Waals surface area (Å²) in [6.45, 7) is 1.98. The normalized spacial score (nSPS) is 11.1. The zero-order valence-electron chi connectivity index (χ0n) is 16.8. The third-order valence-electron chi connectivity index (χ3n) is 4.46. The average Bonchev–Trinajstić information content (AvgIpc) is 2.72. The lowest BCUT2D eigenvalue weighted by molar-refractivity contribution is 0.0951. The lowest BCUT2D eigenvalue weighted by Crippen LogP contribution is -2.24. The smallest absolute Gasteiger partial charge is 0.261 e. The predicted molar refractivity (Wildman–Crippen MR) is 119 cm³/mol. The van der Waals surface area contributed by atoms with Crippen molar-refractivity contribution >= 4 is 33.2 Å². The standard InChI is InChI=1S/C22H21ClN2O5S/c1-14-4-3-5-16(10-14)25-31(28,29)17-7-8-19(23)18(12-17)22(27)24-13-15-6-9-20(26)21(11-15)30-2/h3-12,25-26H,13H2,1-2H3,(H,24,27). The summed E-state index contributed by atoms with van der Waals surface area (Å²) in [6.07, 6.45) is 0. The molecule has 3 N–H and O–H groups in total. The second kappa shape index (κ2) is 9.28. The molecule has 0 fully saturated rings. The first kappa shape index (κ1) is 22.5. The maximum atomic E-state index is 12.8. The summed E-state index contributed by atoms with van der Waals surface area (Å²) in [7, 11) is -2.49. The third-order valence-corrected chi connectivity index (χ3v) is 6.17. The molecule has 0 aromatic heterocycles. The fraction of sp³-hybridized carbons (Fsp3) is 0.136. The van der Waals surface area contributed by atoms with E-state index in [0.717, 1.165) is 5.56 Å². The topological polar surface area (TPSA) is 105 Å². The Kier molecular flexibility index (Phi) is 6.72. The first-order valence-electron chi connectivity index (χ1n) is 9.23. The molecule has 7 nitrogen and oxygen atoms in total. The first-order valence-corrected chi connectivity index (χ1v) is 11.1. The molecule has 3 aromatic carbocycles. The summed E-state index contributed by atoms with van der Waals surface area (Å²) >= 11 is 6.14. The van der Waals surface area contributed by atoms with Crippen molar-refractivity contribution in [1.82, 2.24) is 5.32 Å². The van der Waals surface area contributed by atoms with E-state index in [4.69, 9.17) is 16.3 Å². The number of phenolic OH excluding ortho intramolecular Hbond substituents is 1. The van der Waals surface area contributed by atoms with Gasteiger partial charge in [0, 0.05) is 12.2 Å². The van der Waals surface area contributed by atoms with Crippen LogP contribution < -0.4 is 14.8 Å². The Hall–Kier alpha value is -3.23. The number of hydrogen-bond donors (Lipinski definition) is 3. The number of halogens is 1. The largest absolute Gasteiger partial charge is 0.504 e. The van der Waals surface area contributed by atoms with Crippen LogP contribution in [0.1, 0.15) is 21.5 Å². The number of aromatic hydroxyl groups is 1. The van der Waals surface area contributed by atoms with Gasteiger partial charge in [0.05, 0.1) is 22.6 Å². The SMILES string of the molecule is COc1cc(CNC(=O)c2cc(S(=O)(=O)Nc3cccc(C)c3)ccc2Cl)ccc1O. The van der Waals surface area contributed by atoms with E-state index in [9.17, 15) is 18.3 Å². The van der Waals surface area contributed by atoms with E-state index in [2.05, 4.69) is 10.0 Å². The Labute approximate surface area is 185 Å². The number of methoxy groups -OCH3 is 1. The van der Waals surface area contributed by atoms with E-state index in [1.54, 1.807) is 30.3 Å². The summed E-state index contributed by atoms with van der Waals surface area (Å²) in [6, 6.07) is 15.5. The Balaban J connectivity index is 1.79. The third kappa shape index (κ3) is 5.48. The maximum absolute atomic E-state index is 12.8. The Morgan fingerprint density at radius 1 is 1.10 bits per heavy atom. The molecule has 0 radical (unpaired) electrons. The molecular formula is C22H21ClN2O5S. The Morgan fingerprint density at radius 3 is 2.58 bits per heavy atom. The van der Waals surface area contributed by atoms with Crippen molar-refractivity contribution in [2.45, 2.75) is 18.4 Å². The van der Waals surface area contributed by atoms with Crippen LogP contribution in [0.5, 0.6) is 11.5 Å². The number of ether oxygens (including phenoxy) is 1. The van der Waals surface area contributed by atoms with Crippen LogP contribution in [0.15, 0.2) is 65.6 Å². The van der Waals surface area contributed by atoms with Crippen LogP contribution >= 0.6 is 11.6 Å². The van der Waals surface area contributed by atoms with Crippen molar-refractivity contribution in [3.8, 4) is 11.5 Å². The number of nitrogens with one attached hydrogen (secondary N) is 2. The number of anilines is 1. The molecule has 0 atom stereocenters. The summed E-state index contributed by atoms with van der Waals surface area (Å²) < 4.78 is 33.1. The van der Waals surface area contributed by atoms with Gasteiger partial charge < -0.3 is 15.2 Å². The minimum atomic E-state index is -3.92. The Bertz CT molecular complexity index is 1230. The molecule has 0 unspecified atom stereocenters. The number of hydrogen-bond acceptors (Lipinski definition) is 5. The molecule has 0 aliphatic carbocycles. The van der Waals surface area contributed by atoms with E-state index in [-0.39, 0.29) is 33.5 Å². The number of carbonyl (C=O) groups excluding carboxylic acids is 1. The van der Waals surface area contributed by atoms with Crippen LogP contribution in [-0.4, -0.2) is 26.5 Å². The molecule has 3 aromatic rings. The number of rotatable bonds is 7. The van der Waals surface area contributed by atoms with Gasteiger partial charge in [-0.05, 0) is 60.5 Å². The molecule has 0 aliphatic heterocycles. The maximum Gasteiger partial charge on any atom is 0.261 e. The number of sulfonamides is 1. The van der Waals surface area contributed by atoms with Crippen LogP contribution in [0.3, 0.4) is 0 Å². The van der Waals surface area contributed by atoms with Gasteiger partial charge in [-0.15, -0.1) is 0 Å². The minimum absolute atomic E-state index is 0.0142. The highest BCUT2D eigenvalue weighted by Gasteiger charge is 2.19. The molecule has 0 spiro atoms. The predicted octanol–water partition coefficient (Wildman–Crippen LogP) is 4.09. The van der Waals surface area contributed by atoms with Gasteiger partial charge >= 0.3 is 0 Å². The molecule has 162 valence electrons. The van der Waals surface area contributed by atoms with Crippen molar-refractivity contribution in [3.63, 3.8) is 0 Å². The zero-order valence-corrected chi connectivity index (χ0v) is 18.4. The second-order valence-electron chi connectivity index (χ2n) is 6.81. The molecule has 1 amide bonds. The van der Waals surface area contributed by atoms with Crippen molar-refractivity contribution in [1.29, 1.82) is 0 Å². The fourth-order valence-electron chi connectivity index (χ4n) is 2.88. The van der Waals surface area contributed by atoms with Gasteiger partial charge in [-0.3, -0.25) is 9.52 Å². The van der Waals surface area contributed by atoms with E-state index < -0.39 is 15.9 Å². The summed E-state index contributed by atoms with van der Waals surface area (Å²) in [5.41, 5.74) is 2.04.